The lowest BCUT2D eigenvalue weighted by Gasteiger charge is -2.10. The molecule has 2 heterocycles. The highest BCUT2D eigenvalue weighted by Crippen LogP contribution is 2.29. The van der Waals surface area contributed by atoms with Gasteiger partial charge in [-0.15, -0.1) is 16.4 Å². The number of aromatic nitrogens is 5. The van der Waals surface area contributed by atoms with Crippen LogP contribution in [0.1, 0.15) is 22.1 Å². The molecule has 9 heteroatoms. The van der Waals surface area contributed by atoms with Crippen LogP contribution in [0, 0.1) is 25.2 Å². The summed E-state index contributed by atoms with van der Waals surface area (Å²) in [6.45, 7) is 3.98. The fraction of sp³-hybridized carbons (Fsp3) is 0.182. The van der Waals surface area contributed by atoms with Gasteiger partial charge < -0.3 is 0 Å². The first kappa shape index (κ1) is 20.9. The lowest BCUT2D eigenvalue weighted by Crippen LogP contribution is -2.14. The van der Waals surface area contributed by atoms with Crippen LogP contribution in [0.2, 0.25) is 0 Å². The van der Waals surface area contributed by atoms with Crippen LogP contribution >= 0.6 is 23.1 Å². The topological polar surface area (TPSA) is 97.4 Å². The minimum Gasteiger partial charge on any atom is -0.297 e. The van der Waals surface area contributed by atoms with E-state index in [-0.39, 0.29) is 11.5 Å². The summed E-state index contributed by atoms with van der Waals surface area (Å²) in [5, 5.41) is 24.4. The summed E-state index contributed by atoms with van der Waals surface area (Å²) in [5.41, 5.74) is 4.68. The second-order valence-corrected chi connectivity index (χ2v) is 8.70. The fourth-order valence-corrected chi connectivity index (χ4v) is 4.87. The highest BCUT2D eigenvalue weighted by Gasteiger charge is 2.25. The average molecular weight is 447 g/mol. The number of ketones is 1. The van der Waals surface area contributed by atoms with Gasteiger partial charge >= 0.3 is 0 Å². The molecule has 1 atom stereocenters. The number of thioether (sulfide) groups is 1. The number of para-hydroxylation sites is 1. The Balaban J connectivity index is 1.50. The molecule has 2 aromatic heterocycles. The minimum atomic E-state index is -0.917. The van der Waals surface area contributed by atoms with E-state index in [1.807, 2.05) is 67.8 Å². The summed E-state index contributed by atoms with van der Waals surface area (Å²) in [6.07, 6.45) is 0. The van der Waals surface area contributed by atoms with Crippen LogP contribution in [-0.2, 0) is 4.79 Å². The van der Waals surface area contributed by atoms with Crippen molar-refractivity contribution in [3.8, 4) is 23.0 Å². The molecular formula is C22H18N6OS2. The Kier molecular flexibility index (Phi) is 6.21. The van der Waals surface area contributed by atoms with Crippen LogP contribution in [0.3, 0.4) is 0 Å². The van der Waals surface area contributed by atoms with E-state index in [1.54, 1.807) is 4.68 Å². The number of hydrogen-bond acceptors (Lipinski definition) is 8. The van der Waals surface area contributed by atoms with E-state index in [1.165, 1.54) is 23.1 Å². The van der Waals surface area contributed by atoms with Crippen LogP contribution in [0.5, 0.6) is 0 Å². The summed E-state index contributed by atoms with van der Waals surface area (Å²) < 4.78 is 1.64. The number of carbonyl (C=O) groups excluding carboxylic acids is 1. The van der Waals surface area contributed by atoms with Gasteiger partial charge in [0, 0.05) is 10.9 Å². The zero-order valence-corrected chi connectivity index (χ0v) is 18.5. The largest absolute Gasteiger partial charge is 0.297 e. The third-order valence-electron chi connectivity index (χ3n) is 4.73. The molecule has 0 bridgehead atoms. The molecule has 0 aliphatic heterocycles. The van der Waals surface area contributed by atoms with Crippen molar-refractivity contribution in [2.24, 2.45) is 0 Å². The summed E-state index contributed by atoms with van der Waals surface area (Å²) in [6, 6.07) is 17.7. The molecule has 0 saturated heterocycles. The number of hydrogen-bond donors (Lipinski definition) is 0. The summed E-state index contributed by atoms with van der Waals surface area (Å²) in [7, 11) is 0. The highest BCUT2D eigenvalue weighted by molar-refractivity contribution is 7.99. The molecule has 4 rings (SSSR count). The molecule has 2 aromatic carbocycles. The number of nitrogens with zero attached hydrogens (tertiary/aromatic N) is 6. The third kappa shape index (κ3) is 4.40. The van der Waals surface area contributed by atoms with Gasteiger partial charge in [-0.25, -0.2) is 4.98 Å². The molecule has 0 aliphatic rings. The molecule has 0 radical (unpaired) electrons. The smallest absolute Gasteiger partial charge is 0.214 e. The number of carbonyl (C=O) groups is 1. The van der Waals surface area contributed by atoms with Gasteiger partial charge in [-0.3, -0.25) is 4.79 Å². The van der Waals surface area contributed by atoms with Crippen LogP contribution in [0.15, 0.2) is 59.1 Å². The molecule has 154 valence electrons. The Morgan fingerprint density at radius 1 is 1.16 bits per heavy atom. The molecule has 0 aliphatic carbocycles. The number of tetrazole rings is 1. The molecule has 0 N–H and O–H groups in total. The number of aryl methyl sites for hydroxylation is 2. The standard InChI is InChI=1S/C22H18N6OS2/c1-14-7-6-8-15(2)20(14)28-22(25-26-27-28)31-13-19(29)17(11-23)21-24-18(12-30-21)16-9-4-3-5-10-16/h3-10,12,17H,13H2,1-2H3. The number of nitriles is 1. The van der Waals surface area contributed by atoms with Crippen molar-refractivity contribution in [1.82, 2.24) is 25.2 Å². The second kappa shape index (κ2) is 9.20. The first-order chi connectivity index (χ1) is 15.1. The van der Waals surface area contributed by atoms with Crippen molar-refractivity contribution in [3.63, 3.8) is 0 Å². The van der Waals surface area contributed by atoms with Crippen LogP contribution in [0.4, 0.5) is 0 Å². The first-order valence-electron chi connectivity index (χ1n) is 9.49. The van der Waals surface area contributed by atoms with Crippen molar-refractivity contribution in [2.45, 2.75) is 24.9 Å². The van der Waals surface area contributed by atoms with Crippen molar-refractivity contribution in [1.29, 1.82) is 5.26 Å². The van der Waals surface area contributed by atoms with Crippen LogP contribution in [0.25, 0.3) is 16.9 Å². The van der Waals surface area contributed by atoms with Crippen molar-refractivity contribution in [2.75, 3.05) is 5.75 Å². The van der Waals surface area contributed by atoms with E-state index in [0.717, 1.165) is 28.1 Å². The molecule has 4 aromatic rings. The van der Waals surface area contributed by atoms with Gasteiger partial charge in [0.25, 0.3) is 0 Å². The van der Waals surface area contributed by atoms with E-state index in [0.29, 0.717) is 10.2 Å². The Labute approximate surface area is 187 Å². The van der Waals surface area contributed by atoms with Crippen molar-refractivity contribution in [3.05, 3.63) is 70.0 Å². The zero-order chi connectivity index (χ0) is 21.8. The molecule has 1 unspecified atom stereocenters. The molecule has 31 heavy (non-hydrogen) atoms. The number of benzene rings is 2. The Bertz CT molecular complexity index is 1240. The zero-order valence-electron chi connectivity index (χ0n) is 16.9. The second-order valence-electron chi connectivity index (χ2n) is 6.87. The lowest BCUT2D eigenvalue weighted by atomic mass is 10.1. The van der Waals surface area contributed by atoms with Gasteiger partial charge in [0.15, 0.2) is 11.7 Å². The maximum Gasteiger partial charge on any atom is 0.214 e. The van der Waals surface area contributed by atoms with Crippen LogP contribution in [-0.4, -0.2) is 36.7 Å². The molecule has 0 spiro atoms. The SMILES string of the molecule is Cc1cccc(C)c1-n1nnnc1SCC(=O)C(C#N)c1nc(-c2ccccc2)cs1. The number of Topliss-reactive ketones (excluding diaryl/α,β-unsaturated/α-hetero) is 1. The number of rotatable bonds is 7. The Hall–Kier alpha value is -3.35. The van der Waals surface area contributed by atoms with Gasteiger partial charge in [-0.1, -0.05) is 60.3 Å². The molecule has 7 nitrogen and oxygen atoms in total. The molecule has 0 amide bonds. The Morgan fingerprint density at radius 3 is 2.61 bits per heavy atom. The van der Waals surface area contributed by atoms with Gasteiger partial charge in [-0.05, 0) is 35.4 Å². The van der Waals surface area contributed by atoms with E-state index in [2.05, 4.69) is 26.6 Å². The normalized spacial score (nSPS) is 11.8. The maximum absolute atomic E-state index is 12.8. The predicted molar refractivity (Wildman–Crippen MR) is 120 cm³/mol. The van der Waals surface area contributed by atoms with Gasteiger partial charge in [0.05, 0.1) is 23.2 Å². The predicted octanol–water partition coefficient (Wildman–Crippen LogP) is 4.37. The van der Waals surface area contributed by atoms with Gasteiger partial charge in [0.1, 0.15) is 5.01 Å². The van der Waals surface area contributed by atoms with E-state index < -0.39 is 5.92 Å². The third-order valence-corrected chi connectivity index (χ3v) is 6.58. The van der Waals surface area contributed by atoms with E-state index in [9.17, 15) is 10.1 Å². The van der Waals surface area contributed by atoms with Gasteiger partial charge in [-0.2, -0.15) is 9.94 Å². The highest BCUT2D eigenvalue weighted by atomic mass is 32.2. The van der Waals surface area contributed by atoms with Gasteiger partial charge in [0.2, 0.25) is 5.16 Å². The van der Waals surface area contributed by atoms with E-state index in [4.69, 9.17) is 0 Å². The van der Waals surface area contributed by atoms with Crippen molar-refractivity contribution >= 4 is 28.9 Å². The fourth-order valence-electron chi connectivity index (χ4n) is 3.19. The first-order valence-corrected chi connectivity index (χ1v) is 11.4. The monoisotopic (exact) mass is 446 g/mol. The van der Waals surface area contributed by atoms with Crippen LogP contribution < -0.4 is 0 Å². The van der Waals surface area contributed by atoms with E-state index >= 15 is 0 Å². The summed E-state index contributed by atoms with van der Waals surface area (Å²) in [5.74, 6) is -1.07. The molecule has 0 fully saturated rings. The minimum absolute atomic E-state index is 0.0732. The Morgan fingerprint density at radius 2 is 1.90 bits per heavy atom. The molecule has 0 saturated carbocycles. The van der Waals surface area contributed by atoms with Crippen molar-refractivity contribution < 1.29 is 4.79 Å². The maximum atomic E-state index is 12.8. The number of thiazole rings is 1. The molecular weight excluding hydrogens is 428 g/mol. The summed E-state index contributed by atoms with van der Waals surface area (Å²) in [4.78, 5) is 17.4. The quantitative estimate of drug-likeness (QED) is 0.389. The average Bonchev–Trinajstić information content (AvgIpc) is 3.44. The lowest BCUT2D eigenvalue weighted by molar-refractivity contribution is -0.116. The summed E-state index contributed by atoms with van der Waals surface area (Å²) >= 11 is 2.54.